The molecule has 1 aromatic carbocycles. The number of aryl methyl sites for hydroxylation is 1. The third kappa shape index (κ3) is 2.90. The van der Waals surface area contributed by atoms with Gasteiger partial charge in [0.15, 0.2) is 17.4 Å². The summed E-state index contributed by atoms with van der Waals surface area (Å²) in [5.74, 6) is 0.947. The number of hydrogen-bond acceptors (Lipinski definition) is 4. The minimum absolute atomic E-state index is 0.203. The molecule has 106 valence electrons. The lowest BCUT2D eigenvalue weighted by Crippen LogP contribution is -2.04. The normalized spacial score (nSPS) is 10.4. The molecule has 2 aromatic rings. The Kier molecular flexibility index (Phi) is 4.54. The van der Waals surface area contributed by atoms with Gasteiger partial charge in [-0.15, -0.1) is 0 Å². The van der Waals surface area contributed by atoms with E-state index in [2.05, 4.69) is 31.2 Å². The number of nitrogens with one attached hydrogen (secondary N) is 1. The number of rotatable bonds is 4. The monoisotopic (exact) mass is 339 g/mol. The van der Waals surface area contributed by atoms with Crippen LogP contribution in [-0.4, -0.2) is 23.6 Å². The zero-order chi connectivity index (χ0) is 14.7. The minimum Gasteiger partial charge on any atom is -0.494 e. The first-order valence-corrected chi connectivity index (χ1v) is 6.98. The molecular weight excluding hydrogens is 325 g/mol. The van der Waals surface area contributed by atoms with Crippen molar-refractivity contribution in [3.63, 3.8) is 0 Å². The summed E-state index contributed by atoms with van der Waals surface area (Å²) in [6.45, 7) is 4.60. The maximum absolute atomic E-state index is 13.8. The van der Waals surface area contributed by atoms with Crippen LogP contribution in [0, 0.1) is 12.7 Å². The second kappa shape index (κ2) is 6.17. The summed E-state index contributed by atoms with van der Waals surface area (Å²) in [5, 5.41) is 3.15. The molecule has 0 amide bonds. The minimum atomic E-state index is -0.431. The van der Waals surface area contributed by atoms with E-state index in [1.54, 1.807) is 12.1 Å². The smallest absolute Gasteiger partial charge is 0.165 e. The number of methoxy groups -OCH3 is 1. The van der Waals surface area contributed by atoms with E-state index in [4.69, 9.17) is 4.74 Å². The summed E-state index contributed by atoms with van der Waals surface area (Å²) >= 11 is 3.44. The lowest BCUT2D eigenvalue weighted by molar-refractivity contribution is 0.386. The van der Waals surface area contributed by atoms with Crippen molar-refractivity contribution in [2.45, 2.75) is 13.8 Å². The van der Waals surface area contributed by atoms with E-state index in [1.807, 2.05) is 13.8 Å². The van der Waals surface area contributed by atoms with Gasteiger partial charge in [0.05, 0.1) is 17.3 Å². The summed E-state index contributed by atoms with van der Waals surface area (Å²) in [6, 6.07) is 4.68. The molecule has 0 aliphatic carbocycles. The van der Waals surface area contributed by atoms with Gasteiger partial charge in [-0.05, 0) is 48.0 Å². The molecule has 0 radical (unpaired) electrons. The lowest BCUT2D eigenvalue weighted by atomic mass is 10.2. The highest BCUT2D eigenvalue weighted by Gasteiger charge is 2.12. The van der Waals surface area contributed by atoms with Gasteiger partial charge in [-0.25, -0.2) is 14.4 Å². The first-order chi connectivity index (χ1) is 9.56. The van der Waals surface area contributed by atoms with Gasteiger partial charge in [0, 0.05) is 12.1 Å². The van der Waals surface area contributed by atoms with E-state index in [-0.39, 0.29) is 5.75 Å². The molecule has 0 aliphatic heterocycles. The zero-order valence-corrected chi connectivity index (χ0v) is 13.1. The molecule has 0 saturated heterocycles. The van der Waals surface area contributed by atoms with Crippen LogP contribution in [0.15, 0.2) is 22.7 Å². The number of ether oxygens (including phenoxy) is 1. The molecule has 0 aliphatic rings. The standard InChI is InChI=1S/C14H15BrFN3O/c1-4-17-14-12(15)8(2)18-13(19-14)9-5-6-11(20-3)10(16)7-9/h5-7H,4H2,1-3H3,(H,17,18,19). The molecule has 1 heterocycles. The summed E-state index contributed by atoms with van der Waals surface area (Å²) in [4.78, 5) is 8.79. The van der Waals surface area contributed by atoms with Crippen LogP contribution < -0.4 is 10.1 Å². The van der Waals surface area contributed by atoms with Crippen molar-refractivity contribution in [1.82, 2.24) is 9.97 Å². The number of halogens is 2. The predicted molar refractivity (Wildman–Crippen MR) is 80.6 cm³/mol. The van der Waals surface area contributed by atoms with Crippen molar-refractivity contribution in [1.29, 1.82) is 0 Å². The van der Waals surface area contributed by atoms with Gasteiger partial charge in [0.1, 0.15) is 5.82 Å². The molecule has 0 fully saturated rings. The number of benzene rings is 1. The second-order valence-electron chi connectivity index (χ2n) is 4.17. The molecule has 0 saturated carbocycles. The van der Waals surface area contributed by atoms with Gasteiger partial charge in [0.25, 0.3) is 0 Å². The van der Waals surface area contributed by atoms with E-state index in [0.29, 0.717) is 17.2 Å². The van der Waals surface area contributed by atoms with Gasteiger partial charge in [-0.2, -0.15) is 0 Å². The summed E-state index contributed by atoms with van der Waals surface area (Å²) in [5.41, 5.74) is 1.40. The fourth-order valence-corrected chi connectivity index (χ4v) is 2.10. The molecule has 0 unspecified atom stereocenters. The topological polar surface area (TPSA) is 47.0 Å². The van der Waals surface area contributed by atoms with Crippen molar-refractivity contribution in [2.75, 3.05) is 19.0 Å². The Hall–Kier alpha value is -1.69. The van der Waals surface area contributed by atoms with Crippen LogP contribution in [0.3, 0.4) is 0 Å². The quantitative estimate of drug-likeness (QED) is 0.920. The Morgan fingerprint density at radius 1 is 1.35 bits per heavy atom. The van der Waals surface area contributed by atoms with Gasteiger partial charge < -0.3 is 10.1 Å². The SMILES string of the molecule is CCNc1nc(-c2ccc(OC)c(F)c2)nc(C)c1Br. The fourth-order valence-electron chi connectivity index (χ4n) is 1.78. The van der Waals surface area contributed by atoms with Crippen molar-refractivity contribution < 1.29 is 9.13 Å². The van der Waals surface area contributed by atoms with Gasteiger partial charge in [-0.3, -0.25) is 0 Å². The molecular formula is C14H15BrFN3O. The van der Waals surface area contributed by atoms with E-state index < -0.39 is 5.82 Å². The van der Waals surface area contributed by atoms with Gasteiger partial charge >= 0.3 is 0 Å². The molecule has 4 nitrogen and oxygen atoms in total. The van der Waals surface area contributed by atoms with Crippen LogP contribution in [0.5, 0.6) is 5.75 Å². The van der Waals surface area contributed by atoms with E-state index in [0.717, 1.165) is 16.7 Å². The second-order valence-corrected chi connectivity index (χ2v) is 4.97. The summed E-state index contributed by atoms with van der Waals surface area (Å²) in [7, 11) is 1.43. The van der Waals surface area contributed by atoms with Crippen LogP contribution in [-0.2, 0) is 0 Å². The molecule has 6 heteroatoms. The number of anilines is 1. The number of hydrogen-bond donors (Lipinski definition) is 1. The molecule has 2 rings (SSSR count). The van der Waals surface area contributed by atoms with Gasteiger partial charge in [-0.1, -0.05) is 0 Å². The Labute approximate surface area is 125 Å². The highest BCUT2D eigenvalue weighted by atomic mass is 79.9. The summed E-state index contributed by atoms with van der Waals surface area (Å²) in [6.07, 6.45) is 0. The third-order valence-corrected chi connectivity index (χ3v) is 3.72. The maximum Gasteiger partial charge on any atom is 0.165 e. The zero-order valence-electron chi connectivity index (χ0n) is 11.5. The molecule has 0 atom stereocenters. The Balaban J connectivity index is 2.49. The first kappa shape index (κ1) is 14.7. The largest absolute Gasteiger partial charge is 0.494 e. The van der Waals surface area contributed by atoms with Gasteiger partial charge in [0.2, 0.25) is 0 Å². The van der Waals surface area contributed by atoms with Crippen molar-refractivity contribution in [3.05, 3.63) is 34.2 Å². The van der Waals surface area contributed by atoms with Crippen LogP contribution in [0.4, 0.5) is 10.2 Å². The molecule has 0 bridgehead atoms. The number of aromatic nitrogens is 2. The average Bonchev–Trinajstić information content (AvgIpc) is 2.43. The van der Waals surface area contributed by atoms with Crippen molar-refractivity contribution in [2.24, 2.45) is 0 Å². The van der Waals surface area contributed by atoms with E-state index in [9.17, 15) is 4.39 Å². The Morgan fingerprint density at radius 3 is 2.70 bits per heavy atom. The summed E-state index contributed by atoms with van der Waals surface area (Å²) < 4.78 is 19.5. The van der Waals surface area contributed by atoms with E-state index >= 15 is 0 Å². The Morgan fingerprint density at radius 2 is 2.10 bits per heavy atom. The van der Waals surface area contributed by atoms with Crippen molar-refractivity contribution in [3.8, 4) is 17.1 Å². The molecule has 0 spiro atoms. The Bertz CT molecular complexity index is 634. The van der Waals surface area contributed by atoms with Crippen LogP contribution >= 0.6 is 15.9 Å². The van der Waals surface area contributed by atoms with Crippen LogP contribution in [0.1, 0.15) is 12.6 Å². The number of nitrogens with zero attached hydrogens (tertiary/aromatic N) is 2. The van der Waals surface area contributed by atoms with Crippen LogP contribution in [0.2, 0.25) is 0 Å². The van der Waals surface area contributed by atoms with Crippen molar-refractivity contribution >= 4 is 21.7 Å². The fraction of sp³-hybridized carbons (Fsp3) is 0.286. The predicted octanol–water partition coefficient (Wildman–Crippen LogP) is 3.79. The highest BCUT2D eigenvalue weighted by Crippen LogP contribution is 2.28. The highest BCUT2D eigenvalue weighted by molar-refractivity contribution is 9.10. The molecule has 1 aromatic heterocycles. The lowest BCUT2D eigenvalue weighted by Gasteiger charge is -2.10. The third-order valence-electron chi connectivity index (χ3n) is 2.77. The van der Waals surface area contributed by atoms with Crippen LogP contribution in [0.25, 0.3) is 11.4 Å². The average molecular weight is 340 g/mol. The maximum atomic E-state index is 13.8. The molecule has 20 heavy (non-hydrogen) atoms. The first-order valence-electron chi connectivity index (χ1n) is 6.18. The molecule has 1 N–H and O–H groups in total. The van der Waals surface area contributed by atoms with E-state index in [1.165, 1.54) is 13.2 Å².